The molecule has 6 aromatic carbocycles. The Morgan fingerprint density at radius 1 is 0.643 bits per heavy atom. The second kappa shape index (κ2) is 12.3. The summed E-state index contributed by atoms with van der Waals surface area (Å²) in [4.78, 5) is 5.40. The number of para-hydroxylation sites is 1. The number of aliphatic imine (C=N–C) groups is 1. The summed E-state index contributed by atoms with van der Waals surface area (Å²) in [6, 6.07) is 49.2. The first-order valence-corrected chi connectivity index (χ1v) is 20.4. The van der Waals surface area contributed by atoms with Crippen molar-refractivity contribution in [2.45, 2.75) is 56.5 Å². The standard InChI is InChI=1S/C52H41N3O/c1-4-15-33(16-5-1)51-53-48(50-49(54-51)40-20-9-11-24-46(40)56-50)35-26-28-45-42(32-35)41-31-34(25-27-44(41)55(45)36-17-6-2-7-18-36)37-21-14-22-39-38-19-8-10-23-43(38)52(47(37)39)29-12-3-13-30-52/h1,4-6,8-11,14-28,31-32,51,54H,2-3,7,12-13,29-30H2. The fourth-order valence-corrected chi connectivity index (χ4v) is 10.6. The van der Waals surface area contributed by atoms with Gasteiger partial charge in [-0.2, -0.15) is 0 Å². The molecule has 3 aliphatic carbocycles. The van der Waals surface area contributed by atoms with Gasteiger partial charge in [-0.25, -0.2) is 0 Å². The number of allylic oxidation sites excluding steroid dienone is 4. The summed E-state index contributed by atoms with van der Waals surface area (Å²) >= 11 is 0. The van der Waals surface area contributed by atoms with E-state index >= 15 is 0 Å². The lowest BCUT2D eigenvalue weighted by atomic mass is 9.66. The average Bonchev–Trinajstić information content (AvgIpc) is 3.90. The Bertz CT molecular complexity index is 2990. The van der Waals surface area contributed by atoms with Gasteiger partial charge in [0.05, 0.1) is 16.7 Å². The maximum absolute atomic E-state index is 6.63. The lowest BCUT2D eigenvalue weighted by Gasteiger charge is -2.37. The summed E-state index contributed by atoms with van der Waals surface area (Å²) in [5, 5.41) is 7.27. The van der Waals surface area contributed by atoms with E-state index in [9.17, 15) is 0 Å². The van der Waals surface area contributed by atoms with E-state index in [0.717, 1.165) is 52.1 Å². The zero-order valence-electron chi connectivity index (χ0n) is 31.3. The lowest BCUT2D eigenvalue weighted by Crippen LogP contribution is -2.28. The molecule has 4 heteroatoms. The Hall–Kier alpha value is -6.39. The maximum Gasteiger partial charge on any atom is 0.177 e. The highest BCUT2D eigenvalue weighted by molar-refractivity contribution is 6.21. The van der Waals surface area contributed by atoms with Crippen molar-refractivity contribution in [3.63, 3.8) is 0 Å². The van der Waals surface area contributed by atoms with Crippen LogP contribution in [0, 0.1) is 0 Å². The van der Waals surface area contributed by atoms with Crippen LogP contribution in [0.1, 0.15) is 79.1 Å². The van der Waals surface area contributed by atoms with E-state index in [4.69, 9.17) is 9.41 Å². The first kappa shape index (κ1) is 31.9. The van der Waals surface area contributed by atoms with Gasteiger partial charge in [0.25, 0.3) is 0 Å². The van der Waals surface area contributed by atoms with Crippen molar-refractivity contribution < 1.29 is 4.42 Å². The Balaban J connectivity index is 1.09. The van der Waals surface area contributed by atoms with Crippen molar-refractivity contribution in [3.05, 3.63) is 180 Å². The smallest absolute Gasteiger partial charge is 0.177 e. The molecule has 2 aromatic heterocycles. The number of rotatable bonds is 4. The van der Waals surface area contributed by atoms with Crippen LogP contribution in [0.4, 0.5) is 5.69 Å². The number of hydrogen-bond donors (Lipinski definition) is 1. The van der Waals surface area contributed by atoms with Crippen molar-refractivity contribution in [1.82, 2.24) is 4.57 Å². The monoisotopic (exact) mass is 723 g/mol. The minimum absolute atomic E-state index is 0.0708. The minimum Gasteiger partial charge on any atom is -0.452 e. The van der Waals surface area contributed by atoms with Gasteiger partial charge >= 0.3 is 0 Å². The van der Waals surface area contributed by atoms with Crippen molar-refractivity contribution in [2.75, 3.05) is 5.32 Å². The second-order valence-corrected chi connectivity index (χ2v) is 16.1. The van der Waals surface area contributed by atoms with Gasteiger partial charge < -0.3 is 14.3 Å². The topological polar surface area (TPSA) is 42.5 Å². The molecule has 0 saturated heterocycles. The highest BCUT2D eigenvalue weighted by Crippen LogP contribution is 2.58. The molecule has 1 fully saturated rings. The molecule has 1 saturated carbocycles. The predicted octanol–water partition coefficient (Wildman–Crippen LogP) is 13.6. The van der Waals surface area contributed by atoms with Gasteiger partial charge in [-0.15, -0.1) is 0 Å². The average molecular weight is 724 g/mol. The summed E-state index contributed by atoms with van der Waals surface area (Å²) in [5.41, 5.74) is 17.2. The molecule has 56 heavy (non-hydrogen) atoms. The molecule has 1 aliphatic heterocycles. The summed E-state index contributed by atoms with van der Waals surface area (Å²) in [5.74, 6) is 0.789. The van der Waals surface area contributed by atoms with E-state index in [-0.39, 0.29) is 11.6 Å². The molecule has 0 radical (unpaired) electrons. The third-order valence-electron chi connectivity index (χ3n) is 13.0. The zero-order valence-corrected chi connectivity index (χ0v) is 31.3. The van der Waals surface area contributed by atoms with Crippen LogP contribution in [0.2, 0.25) is 0 Å². The van der Waals surface area contributed by atoms with Crippen molar-refractivity contribution in [1.29, 1.82) is 0 Å². The van der Waals surface area contributed by atoms with Gasteiger partial charge in [0.15, 0.2) is 5.76 Å². The third kappa shape index (κ3) is 4.62. The molecule has 3 heterocycles. The van der Waals surface area contributed by atoms with E-state index in [1.54, 1.807) is 0 Å². The zero-order chi connectivity index (χ0) is 36.8. The van der Waals surface area contributed by atoms with E-state index in [1.165, 1.54) is 93.0 Å². The van der Waals surface area contributed by atoms with Crippen LogP contribution in [-0.4, -0.2) is 10.3 Å². The molecule has 0 amide bonds. The second-order valence-electron chi connectivity index (χ2n) is 16.1. The summed E-state index contributed by atoms with van der Waals surface area (Å²) in [7, 11) is 0. The van der Waals surface area contributed by atoms with E-state index in [1.807, 2.05) is 12.1 Å². The molecule has 8 aromatic rings. The summed E-state index contributed by atoms with van der Waals surface area (Å²) in [6.07, 6.45) is 15.2. The van der Waals surface area contributed by atoms with Crippen LogP contribution in [-0.2, 0) is 5.41 Å². The quantitative estimate of drug-likeness (QED) is 0.196. The number of benzene rings is 6. The summed E-state index contributed by atoms with van der Waals surface area (Å²) in [6.45, 7) is 0. The number of furan rings is 1. The van der Waals surface area contributed by atoms with E-state index in [2.05, 4.69) is 149 Å². The molecular formula is C52H41N3O. The van der Waals surface area contributed by atoms with Crippen LogP contribution >= 0.6 is 0 Å². The number of aromatic nitrogens is 1. The molecule has 1 spiro atoms. The molecule has 4 aliphatic rings. The summed E-state index contributed by atoms with van der Waals surface area (Å²) < 4.78 is 9.09. The minimum atomic E-state index is -0.239. The maximum atomic E-state index is 6.63. The largest absolute Gasteiger partial charge is 0.452 e. The Morgan fingerprint density at radius 2 is 1.38 bits per heavy atom. The molecule has 0 bridgehead atoms. The fourth-order valence-electron chi connectivity index (χ4n) is 10.6. The highest BCUT2D eigenvalue weighted by atomic mass is 16.3. The molecule has 1 atom stereocenters. The van der Waals surface area contributed by atoms with Crippen molar-refractivity contribution in [3.8, 4) is 22.3 Å². The normalized spacial score (nSPS) is 18.1. The number of nitrogens with zero attached hydrogens (tertiary/aromatic N) is 2. The molecule has 12 rings (SSSR count). The third-order valence-corrected chi connectivity index (χ3v) is 13.0. The highest BCUT2D eigenvalue weighted by Gasteiger charge is 2.45. The first-order chi connectivity index (χ1) is 27.7. The molecule has 4 nitrogen and oxygen atoms in total. The van der Waals surface area contributed by atoms with Crippen LogP contribution in [0.5, 0.6) is 0 Å². The molecule has 1 unspecified atom stereocenters. The lowest BCUT2D eigenvalue weighted by molar-refractivity contribution is 0.353. The Kier molecular flexibility index (Phi) is 7.01. The van der Waals surface area contributed by atoms with Crippen molar-refractivity contribution >= 4 is 49.9 Å². The number of anilines is 1. The van der Waals surface area contributed by atoms with Gasteiger partial charge in [0.1, 0.15) is 17.5 Å². The Morgan fingerprint density at radius 3 is 2.21 bits per heavy atom. The van der Waals surface area contributed by atoms with Gasteiger partial charge in [0, 0.05) is 32.8 Å². The first-order valence-electron chi connectivity index (χ1n) is 20.4. The van der Waals surface area contributed by atoms with E-state index in [0.29, 0.717) is 0 Å². The number of hydrogen-bond acceptors (Lipinski definition) is 3. The SMILES string of the molecule is C1=CC(n2c3ccc(C4=NC(c5ccccc5)Nc5c4oc4ccccc54)cc3c3cc(-c4cccc5c4C4(CCCCC4)c4ccccc4-5)ccc32)=CCC1. The molecule has 270 valence electrons. The predicted molar refractivity (Wildman–Crippen MR) is 231 cm³/mol. The van der Waals surface area contributed by atoms with Gasteiger partial charge in [-0.05, 0) is 107 Å². The van der Waals surface area contributed by atoms with Crippen LogP contribution in [0.3, 0.4) is 0 Å². The van der Waals surface area contributed by atoms with Crippen LogP contribution in [0.25, 0.3) is 60.7 Å². The van der Waals surface area contributed by atoms with Gasteiger partial charge in [-0.1, -0.05) is 128 Å². The van der Waals surface area contributed by atoms with Crippen LogP contribution in [0.15, 0.2) is 161 Å². The number of nitrogens with one attached hydrogen (secondary N) is 1. The van der Waals surface area contributed by atoms with Gasteiger partial charge in [0.2, 0.25) is 0 Å². The number of fused-ring (bicyclic) bond motifs is 11. The molecular weight excluding hydrogens is 683 g/mol. The van der Waals surface area contributed by atoms with Crippen LogP contribution < -0.4 is 5.32 Å². The fraction of sp³-hybridized carbons (Fsp3) is 0.173. The van der Waals surface area contributed by atoms with E-state index < -0.39 is 0 Å². The van der Waals surface area contributed by atoms with Gasteiger partial charge in [-0.3, -0.25) is 4.99 Å². The van der Waals surface area contributed by atoms with Crippen molar-refractivity contribution in [2.24, 2.45) is 4.99 Å². The molecule has 1 N–H and O–H groups in total. The Labute approximate surface area is 326 Å².